The van der Waals surface area contributed by atoms with Gasteiger partial charge >= 0.3 is 0 Å². The number of rotatable bonds is 8. The SMILES string of the molecule is CN(CCO)C(=O)C12CCC(c3ccc(OCC(=CF)CN)cc3)(CC1)CC2. The lowest BCUT2D eigenvalue weighted by atomic mass is 9.51. The van der Waals surface area contributed by atoms with E-state index in [-0.39, 0.29) is 36.5 Å². The quantitative estimate of drug-likeness (QED) is 0.716. The van der Waals surface area contributed by atoms with Crippen LogP contribution in [0.3, 0.4) is 0 Å². The molecule has 2 bridgehead atoms. The summed E-state index contributed by atoms with van der Waals surface area (Å²) in [5, 5.41) is 9.13. The van der Waals surface area contributed by atoms with Crippen molar-refractivity contribution < 1.29 is 19.0 Å². The molecule has 0 atom stereocenters. The van der Waals surface area contributed by atoms with Crippen LogP contribution in [0.15, 0.2) is 36.2 Å². The second-order valence-electron chi connectivity index (χ2n) is 8.30. The first-order valence-electron chi connectivity index (χ1n) is 10.1. The van der Waals surface area contributed by atoms with Crippen molar-refractivity contribution in [3.63, 3.8) is 0 Å². The summed E-state index contributed by atoms with van der Waals surface area (Å²) in [4.78, 5) is 14.6. The van der Waals surface area contributed by atoms with Crippen molar-refractivity contribution in [3.05, 3.63) is 41.7 Å². The van der Waals surface area contributed by atoms with Crippen LogP contribution in [-0.4, -0.2) is 49.3 Å². The summed E-state index contributed by atoms with van der Waals surface area (Å²) >= 11 is 0. The number of nitrogens with two attached hydrogens (primary N) is 1. The molecule has 28 heavy (non-hydrogen) atoms. The van der Waals surface area contributed by atoms with Gasteiger partial charge in [-0.05, 0) is 61.6 Å². The number of fused-ring (bicyclic) bond motifs is 3. The Labute approximate surface area is 166 Å². The minimum atomic E-state index is -0.244. The van der Waals surface area contributed by atoms with E-state index in [0.717, 1.165) is 38.5 Å². The Balaban J connectivity index is 1.64. The molecule has 3 saturated carbocycles. The van der Waals surface area contributed by atoms with Gasteiger partial charge in [-0.1, -0.05) is 12.1 Å². The fourth-order valence-electron chi connectivity index (χ4n) is 4.81. The summed E-state index contributed by atoms with van der Waals surface area (Å²) in [6.07, 6.45) is 6.24. The summed E-state index contributed by atoms with van der Waals surface area (Å²) < 4.78 is 18.2. The Morgan fingerprint density at radius 3 is 2.32 bits per heavy atom. The van der Waals surface area contributed by atoms with Crippen LogP contribution in [0.1, 0.15) is 44.1 Å². The Hall–Kier alpha value is -1.92. The van der Waals surface area contributed by atoms with Gasteiger partial charge in [-0.3, -0.25) is 4.79 Å². The highest BCUT2D eigenvalue weighted by atomic mass is 19.1. The Morgan fingerprint density at radius 2 is 1.82 bits per heavy atom. The molecule has 1 amide bonds. The first-order valence-corrected chi connectivity index (χ1v) is 10.1. The van der Waals surface area contributed by atoms with Gasteiger partial charge in [0.1, 0.15) is 12.4 Å². The molecule has 0 unspecified atom stereocenters. The van der Waals surface area contributed by atoms with Gasteiger partial charge in [-0.25, -0.2) is 4.39 Å². The zero-order chi connectivity index (χ0) is 20.2. The predicted molar refractivity (Wildman–Crippen MR) is 107 cm³/mol. The van der Waals surface area contributed by atoms with Gasteiger partial charge in [0.2, 0.25) is 5.91 Å². The number of halogens is 1. The first kappa shape index (κ1) is 20.8. The third kappa shape index (κ3) is 3.94. The van der Waals surface area contributed by atoms with Crippen LogP contribution >= 0.6 is 0 Å². The van der Waals surface area contributed by atoms with Crippen LogP contribution in [0.4, 0.5) is 4.39 Å². The van der Waals surface area contributed by atoms with Gasteiger partial charge in [-0.15, -0.1) is 0 Å². The number of carbonyl (C=O) groups is 1. The van der Waals surface area contributed by atoms with Gasteiger partial charge in [-0.2, -0.15) is 0 Å². The van der Waals surface area contributed by atoms with Crippen molar-refractivity contribution in [1.29, 1.82) is 0 Å². The van der Waals surface area contributed by atoms with Crippen molar-refractivity contribution >= 4 is 5.91 Å². The highest BCUT2D eigenvalue weighted by molar-refractivity contribution is 5.83. The molecular weight excluding hydrogens is 359 g/mol. The van der Waals surface area contributed by atoms with E-state index in [1.165, 1.54) is 5.56 Å². The molecule has 3 aliphatic rings. The molecule has 4 rings (SSSR count). The average Bonchev–Trinajstić information content (AvgIpc) is 2.75. The first-order chi connectivity index (χ1) is 13.5. The number of amides is 1. The molecule has 3 aliphatic carbocycles. The fraction of sp³-hybridized carbons (Fsp3) is 0.591. The van der Waals surface area contributed by atoms with Crippen LogP contribution in [-0.2, 0) is 10.2 Å². The highest BCUT2D eigenvalue weighted by Gasteiger charge is 2.53. The van der Waals surface area contributed by atoms with Crippen LogP contribution < -0.4 is 10.5 Å². The number of carbonyl (C=O) groups excluding carboxylic acids is 1. The molecule has 3 N–H and O–H groups in total. The van der Waals surface area contributed by atoms with Crippen LogP contribution in [0, 0.1) is 5.41 Å². The number of aliphatic hydroxyl groups excluding tert-OH is 1. The van der Waals surface area contributed by atoms with Gasteiger partial charge in [0, 0.05) is 31.1 Å². The zero-order valence-corrected chi connectivity index (χ0v) is 16.6. The molecule has 1 aromatic rings. The number of aliphatic hydroxyl groups is 1. The molecule has 154 valence electrons. The molecule has 0 radical (unpaired) electrons. The highest BCUT2D eigenvalue weighted by Crippen LogP contribution is 2.58. The third-order valence-electron chi connectivity index (χ3n) is 6.79. The van der Waals surface area contributed by atoms with E-state index in [2.05, 4.69) is 12.1 Å². The number of ether oxygens (including phenoxy) is 1. The number of nitrogens with zero attached hydrogens (tertiary/aromatic N) is 1. The van der Waals surface area contributed by atoms with Gasteiger partial charge < -0.3 is 20.5 Å². The zero-order valence-electron chi connectivity index (χ0n) is 16.6. The van der Waals surface area contributed by atoms with Gasteiger partial charge in [0.05, 0.1) is 12.9 Å². The van der Waals surface area contributed by atoms with Crippen molar-refractivity contribution in [1.82, 2.24) is 4.90 Å². The van der Waals surface area contributed by atoms with Gasteiger partial charge in [0.25, 0.3) is 0 Å². The predicted octanol–water partition coefficient (Wildman–Crippen LogP) is 2.92. The van der Waals surface area contributed by atoms with E-state index < -0.39 is 0 Å². The summed E-state index contributed by atoms with van der Waals surface area (Å²) in [6, 6.07) is 8.09. The van der Waals surface area contributed by atoms with E-state index in [1.54, 1.807) is 11.9 Å². The minimum absolute atomic E-state index is 0.00453. The summed E-state index contributed by atoms with van der Waals surface area (Å²) in [7, 11) is 1.79. The summed E-state index contributed by atoms with van der Waals surface area (Å²) in [5.74, 6) is 0.893. The molecule has 0 aromatic heterocycles. The van der Waals surface area contributed by atoms with E-state index in [1.807, 2.05) is 12.1 Å². The smallest absolute Gasteiger partial charge is 0.228 e. The van der Waals surface area contributed by atoms with Crippen LogP contribution in [0.25, 0.3) is 0 Å². The maximum absolute atomic E-state index is 12.9. The number of hydrogen-bond acceptors (Lipinski definition) is 4. The number of hydrogen-bond donors (Lipinski definition) is 2. The normalized spacial score (nSPS) is 26.9. The van der Waals surface area contributed by atoms with Crippen LogP contribution in [0.5, 0.6) is 5.75 Å². The Kier molecular flexibility index (Phi) is 6.40. The molecule has 0 heterocycles. The molecule has 1 aromatic carbocycles. The molecular formula is C22H31FN2O3. The lowest BCUT2D eigenvalue weighted by Gasteiger charge is -2.53. The lowest BCUT2D eigenvalue weighted by molar-refractivity contribution is -0.148. The van der Waals surface area contributed by atoms with Crippen LogP contribution in [0.2, 0.25) is 0 Å². The monoisotopic (exact) mass is 390 g/mol. The average molecular weight is 390 g/mol. The second-order valence-corrected chi connectivity index (χ2v) is 8.30. The van der Waals surface area contributed by atoms with E-state index >= 15 is 0 Å². The molecule has 6 heteroatoms. The number of likely N-dealkylation sites (N-methyl/N-ethyl adjacent to an activating group) is 1. The van der Waals surface area contributed by atoms with E-state index in [9.17, 15) is 9.18 Å². The Morgan fingerprint density at radius 1 is 1.21 bits per heavy atom. The summed E-state index contributed by atoms with van der Waals surface area (Å²) in [6.45, 7) is 0.705. The standard InChI is InChI=1S/C22H31FN2O3/c1-25(12-13-26)20(27)22-9-6-21(7-10-22,8-11-22)18-2-4-19(5-3-18)28-16-17(14-23)15-24/h2-5,14,26H,6-13,15-16,24H2,1H3. The van der Waals surface area contributed by atoms with Crippen molar-refractivity contribution in [2.75, 3.05) is 33.4 Å². The van der Waals surface area contributed by atoms with Crippen molar-refractivity contribution in [2.24, 2.45) is 11.1 Å². The maximum atomic E-state index is 12.9. The molecule has 5 nitrogen and oxygen atoms in total. The minimum Gasteiger partial charge on any atom is -0.489 e. The topological polar surface area (TPSA) is 75.8 Å². The molecule has 0 spiro atoms. The molecule has 3 fully saturated rings. The maximum Gasteiger partial charge on any atom is 0.228 e. The fourth-order valence-corrected chi connectivity index (χ4v) is 4.81. The third-order valence-corrected chi connectivity index (χ3v) is 6.79. The second kappa shape index (κ2) is 8.62. The molecule has 0 saturated heterocycles. The van der Waals surface area contributed by atoms with Crippen molar-refractivity contribution in [3.8, 4) is 5.75 Å². The largest absolute Gasteiger partial charge is 0.489 e. The molecule has 0 aliphatic heterocycles. The summed E-state index contributed by atoms with van der Waals surface area (Å²) in [5.41, 5.74) is 7.06. The van der Waals surface area contributed by atoms with E-state index in [4.69, 9.17) is 15.6 Å². The lowest BCUT2D eigenvalue weighted by Crippen LogP contribution is -2.52. The van der Waals surface area contributed by atoms with E-state index in [0.29, 0.717) is 24.2 Å². The van der Waals surface area contributed by atoms with Crippen molar-refractivity contribution in [2.45, 2.75) is 43.9 Å². The van der Waals surface area contributed by atoms with Gasteiger partial charge in [0.15, 0.2) is 0 Å². The number of benzene rings is 1. The Bertz CT molecular complexity index is 692.